The monoisotopic (exact) mass is 547 g/mol. The van der Waals surface area contributed by atoms with Gasteiger partial charge in [0.1, 0.15) is 17.3 Å². The number of benzene rings is 3. The van der Waals surface area contributed by atoms with Gasteiger partial charge >= 0.3 is 0 Å². The minimum Gasteiger partial charge on any atom is -0.493 e. The highest BCUT2D eigenvalue weighted by Gasteiger charge is 2.11. The zero-order valence-corrected chi connectivity index (χ0v) is 23.6. The molecule has 0 fully saturated rings. The standard InChI is InChI=1S/C32H38ClN3O3/c1-24(2)27-11-5-8-14-30(27)38-22-10-21-36-29-13-7-6-12-28(29)35-31(36)15-4-3-9-20-34-32(37)23-39-26-18-16-25(33)17-19-26/h5-8,11-14,16-19,24H,3-4,9-10,15,20-23H2,1-2H3,(H,34,37). The minimum absolute atomic E-state index is 0.00156. The van der Waals surface area contributed by atoms with Crippen molar-refractivity contribution in [2.24, 2.45) is 0 Å². The van der Waals surface area contributed by atoms with E-state index < -0.39 is 0 Å². The fraction of sp³-hybridized carbons (Fsp3) is 0.375. The van der Waals surface area contributed by atoms with Gasteiger partial charge in [0.25, 0.3) is 5.91 Å². The van der Waals surface area contributed by atoms with Crippen molar-refractivity contribution in [2.45, 2.75) is 58.4 Å². The average Bonchev–Trinajstić information content (AvgIpc) is 3.30. The molecule has 0 spiro atoms. The van der Waals surface area contributed by atoms with Crippen LogP contribution in [0.25, 0.3) is 11.0 Å². The Morgan fingerprint density at radius 3 is 2.51 bits per heavy atom. The van der Waals surface area contributed by atoms with Crippen LogP contribution in [-0.4, -0.2) is 35.2 Å². The number of fused-ring (bicyclic) bond motifs is 1. The van der Waals surface area contributed by atoms with E-state index in [1.54, 1.807) is 24.3 Å². The first-order chi connectivity index (χ1) is 19.0. The largest absolute Gasteiger partial charge is 0.493 e. The number of hydrogen-bond donors (Lipinski definition) is 1. The van der Waals surface area contributed by atoms with Crippen LogP contribution in [0, 0.1) is 0 Å². The highest BCUT2D eigenvalue weighted by molar-refractivity contribution is 6.30. The van der Waals surface area contributed by atoms with Gasteiger partial charge in [-0.25, -0.2) is 4.98 Å². The van der Waals surface area contributed by atoms with Crippen LogP contribution in [0.5, 0.6) is 11.5 Å². The maximum absolute atomic E-state index is 12.1. The molecule has 3 aromatic carbocycles. The second-order valence-electron chi connectivity index (χ2n) is 9.97. The van der Waals surface area contributed by atoms with Gasteiger partial charge in [0.05, 0.1) is 17.6 Å². The van der Waals surface area contributed by atoms with Crippen LogP contribution in [0.4, 0.5) is 0 Å². The highest BCUT2D eigenvalue weighted by Crippen LogP contribution is 2.26. The first-order valence-corrected chi connectivity index (χ1v) is 14.2. The van der Waals surface area contributed by atoms with Gasteiger partial charge in [-0.3, -0.25) is 4.79 Å². The van der Waals surface area contributed by atoms with Gasteiger partial charge in [0, 0.05) is 24.5 Å². The Balaban J connectivity index is 1.20. The number of unbranched alkanes of at least 4 members (excludes halogenated alkanes) is 2. The molecule has 0 bridgehead atoms. The van der Waals surface area contributed by atoms with E-state index in [0.29, 0.717) is 29.8 Å². The Labute approximate surface area is 236 Å². The SMILES string of the molecule is CC(C)c1ccccc1OCCCn1c(CCCCCNC(=O)COc2ccc(Cl)cc2)nc2ccccc21. The summed E-state index contributed by atoms with van der Waals surface area (Å²) in [6, 6.07) is 23.6. The van der Waals surface area contributed by atoms with Crippen LogP contribution in [0.15, 0.2) is 72.8 Å². The molecule has 0 unspecified atom stereocenters. The number of rotatable bonds is 15. The number of carbonyl (C=O) groups is 1. The normalized spacial score (nSPS) is 11.2. The molecular weight excluding hydrogens is 510 g/mol. The quantitative estimate of drug-likeness (QED) is 0.160. The van der Waals surface area contributed by atoms with E-state index >= 15 is 0 Å². The number of ether oxygens (including phenoxy) is 2. The van der Waals surface area contributed by atoms with Crippen molar-refractivity contribution < 1.29 is 14.3 Å². The third kappa shape index (κ3) is 8.49. The van der Waals surface area contributed by atoms with Crippen LogP contribution < -0.4 is 14.8 Å². The number of nitrogens with zero attached hydrogens (tertiary/aromatic N) is 2. The summed E-state index contributed by atoms with van der Waals surface area (Å²) < 4.78 is 14.0. The number of para-hydroxylation sites is 3. The van der Waals surface area contributed by atoms with E-state index in [1.165, 1.54) is 11.1 Å². The smallest absolute Gasteiger partial charge is 0.257 e. The summed E-state index contributed by atoms with van der Waals surface area (Å²) in [6.07, 6.45) is 4.74. The summed E-state index contributed by atoms with van der Waals surface area (Å²) in [6.45, 7) is 6.54. The second-order valence-corrected chi connectivity index (χ2v) is 10.4. The number of nitrogens with one attached hydrogen (secondary N) is 1. The number of amides is 1. The van der Waals surface area contributed by atoms with E-state index in [2.05, 4.69) is 60.1 Å². The third-order valence-electron chi connectivity index (χ3n) is 6.64. The molecule has 4 aromatic rings. The summed E-state index contributed by atoms with van der Waals surface area (Å²) >= 11 is 5.87. The fourth-order valence-electron chi connectivity index (χ4n) is 4.60. The van der Waals surface area contributed by atoms with Crippen molar-refractivity contribution in [1.29, 1.82) is 0 Å². The lowest BCUT2D eigenvalue weighted by atomic mass is 10.0. The molecule has 1 N–H and O–H groups in total. The number of carbonyl (C=O) groups excluding carboxylic acids is 1. The minimum atomic E-state index is -0.120. The molecule has 1 aromatic heterocycles. The van der Waals surface area contributed by atoms with E-state index in [4.69, 9.17) is 26.1 Å². The second kappa shape index (κ2) is 14.6. The zero-order valence-electron chi connectivity index (χ0n) is 22.9. The molecule has 1 heterocycles. The number of aromatic nitrogens is 2. The molecule has 0 aliphatic carbocycles. The Morgan fingerprint density at radius 2 is 1.69 bits per heavy atom. The van der Waals surface area contributed by atoms with E-state index in [1.807, 2.05) is 12.1 Å². The first-order valence-electron chi connectivity index (χ1n) is 13.8. The van der Waals surface area contributed by atoms with E-state index in [9.17, 15) is 4.79 Å². The molecule has 0 saturated carbocycles. The van der Waals surface area contributed by atoms with Crippen LogP contribution in [0.1, 0.15) is 56.8 Å². The zero-order chi connectivity index (χ0) is 27.5. The Morgan fingerprint density at radius 1 is 0.923 bits per heavy atom. The highest BCUT2D eigenvalue weighted by atomic mass is 35.5. The molecule has 1 amide bonds. The van der Waals surface area contributed by atoms with Crippen molar-refractivity contribution in [3.8, 4) is 11.5 Å². The van der Waals surface area contributed by atoms with Gasteiger partial charge in [-0.2, -0.15) is 0 Å². The molecule has 206 valence electrons. The van der Waals surface area contributed by atoms with Gasteiger partial charge in [-0.05, 0) is 73.2 Å². The lowest BCUT2D eigenvalue weighted by molar-refractivity contribution is -0.123. The summed E-state index contributed by atoms with van der Waals surface area (Å²) in [5.74, 6) is 3.03. The summed E-state index contributed by atoms with van der Waals surface area (Å²) in [7, 11) is 0. The van der Waals surface area contributed by atoms with Crippen LogP contribution >= 0.6 is 11.6 Å². The Bertz CT molecular complexity index is 1330. The summed E-state index contributed by atoms with van der Waals surface area (Å²) in [4.78, 5) is 17.0. The Hall–Kier alpha value is -3.51. The number of halogens is 1. The van der Waals surface area contributed by atoms with Gasteiger partial charge in [0.2, 0.25) is 0 Å². The van der Waals surface area contributed by atoms with Gasteiger partial charge in [0.15, 0.2) is 6.61 Å². The van der Waals surface area contributed by atoms with Crippen molar-refractivity contribution in [1.82, 2.24) is 14.9 Å². The lowest BCUT2D eigenvalue weighted by Gasteiger charge is -2.14. The average molecular weight is 548 g/mol. The summed E-state index contributed by atoms with van der Waals surface area (Å²) in [5.41, 5.74) is 3.45. The first kappa shape index (κ1) is 28.5. The number of aryl methyl sites for hydroxylation is 2. The molecule has 0 aliphatic rings. The molecule has 0 saturated heterocycles. The van der Waals surface area contributed by atoms with Crippen molar-refractivity contribution >= 4 is 28.5 Å². The van der Waals surface area contributed by atoms with Crippen LogP contribution in [0.2, 0.25) is 5.02 Å². The molecule has 39 heavy (non-hydrogen) atoms. The predicted octanol–water partition coefficient (Wildman–Crippen LogP) is 7.19. The molecule has 0 atom stereocenters. The molecule has 4 rings (SSSR count). The summed E-state index contributed by atoms with van der Waals surface area (Å²) in [5, 5.41) is 3.57. The number of hydrogen-bond acceptors (Lipinski definition) is 4. The van der Waals surface area contributed by atoms with Gasteiger partial charge < -0.3 is 19.4 Å². The topological polar surface area (TPSA) is 65.4 Å². The predicted molar refractivity (Wildman–Crippen MR) is 158 cm³/mol. The van der Waals surface area contributed by atoms with E-state index in [0.717, 1.165) is 55.7 Å². The van der Waals surface area contributed by atoms with Crippen LogP contribution in [0.3, 0.4) is 0 Å². The molecule has 0 aliphatic heterocycles. The fourth-order valence-corrected chi connectivity index (χ4v) is 4.73. The number of imidazole rings is 1. The van der Waals surface area contributed by atoms with Crippen molar-refractivity contribution in [3.05, 3.63) is 89.2 Å². The van der Waals surface area contributed by atoms with Crippen molar-refractivity contribution in [3.63, 3.8) is 0 Å². The Kier molecular flexibility index (Phi) is 10.7. The maximum Gasteiger partial charge on any atom is 0.257 e. The molecule has 7 heteroatoms. The van der Waals surface area contributed by atoms with E-state index in [-0.39, 0.29) is 12.5 Å². The van der Waals surface area contributed by atoms with Crippen LogP contribution in [-0.2, 0) is 17.8 Å². The van der Waals surface area contributed by atoms with Gasteiger partial charge in [-0.1, -0.05) is 62.2 Å². The lowest BCUT2D eigenvalue weighted by Crippen LogP contribution is -2.29. The van der Waals surface area contributed by atoms with Gasteiger partial charge in [-0.15, -0.1) is 0 Å². The molecular formula is C32H38ClN3O3. The molecule has 6 nitrogen and oxygen atoms in total. The molecule has 0 radical (unpaired) electrons. The third-order valence-corrected chi connectivity index (χ3v) is 6.89. The maximum atomic E-state index is 12.1. The van der Waals surface area contributed by atoms with Crippen molar-refractivity contribution in [2.75, 3.05) is 19.8 Å².